The number of benzene rings is 2. The lowest BCUT2D eigenvalue weighted by Gasteiger charge is -2.32. The van der Waals surface area contributed by atoms with Gasteiger partial charge in [0.05, 0.1) is 11.1 Å². The second kappa shape index (κ2) is 7.76. The number of hydrogen-bond donors (Lipinski definition) is 0. The molecule has 1 heterocycles. The summed E-state index contributed by atoms with van der Waals surface area (Å²) >= 11 is 0. The van der Waals surface area contributed by atoms with Gasteiger partial charge in [-0.3, -0.25) is 9.69 Å². The Labute approximate surface area is 153 Å². The Morgan fingerprint density at radius 2 is 1.89 bits per heavy atom. The first-order valence-corrected chi connectivity index (χ1v) is 8.62. The molecule has 1 aliphatic heterocycles. The molecule has 1 aliphatic rings. The van der Waals surface area contributed by atoms with E-state index in [1.54, 1.807) is 6.07 Å². The van der Waals surface area contributed by atoms with Gasteiger partial charge in [-0.15, -0.1) is 0 Å². The fourth-order valence-corrected chi connectivity index (χ4v) is 3.42. The van der Waals surface area contributed by atoms with Gasteiger partial charge in [-0.1, -0.05) is 18.2 Å². The zero-order chi connectivity index (χ0) is 19.6. The van der Waals surface area contributed by atoms with Crippen LogP contribution in [0.4, 0.5) is 22.0 Å². The van der Waals surface area contributed by atoms with E-state index in [-0.39, 0.29) is 12.1 Å². The Morgan fingerprint density at radius 3 is 2.63 bits per heavy atom. The van der Waals surface area contributed by atoms with Gasteiger partial charge in [0.25, 0.3) is 0 Å². The number of ketones is 1. The molecule has 7 heteroatoms. The predicted octanol–water partition coefficient (Wildman–Crippen LogP) is 5.08. The highest BCUT2D eigenvalue weighted by molar-refractivity contribution is 5.98. The summed E-state index contributed by atoms with van der Waals surface area (Å²) in [6.07, 6.45) is -3.22. The topological polar surface area (TPSA) is 20.3 Å². The molecule has 2 nitrogen and oxygen atoms in total. The van der Waals surface area contributed by atoms with Gasteiger partial charge in [-0.25, -0.2) is 8.78 Å². The van der Waals surface area contributed by atoms with Gasteiger partial charge in [0, 0.05) is 19.0 Å². The number of piperidine rings is 1. The molecule has 0 radical (unpaired) electrons. The minimum absolute atomic E-state index is 0.263. The van der Waals surface area contributed by atoms with Crippen LogP contribution in [0.15, 0.2) is 42.5 Å². The third-order valence-electron chi connectivity index (χ3n) is 4.73. The van der Waals surface area contributed by atoms with E-state index in [0.717, 1.165) is 30.3 Å². The molecule has 0 bridgehead atoms. The van der Waals surface area contributed by atoms with Crippen LogP contribution in [0, 0.1) is 17.6 Å². The lowest BCUT2D eigenvalue weighted by atomic mass is 9.89. The molecule has 0 amide bonds. The highest BCUT2D eigenvalue weighted by atomic mass is 19.4. The van der Waals surface area contributed by atoms with Gasteiger partial charge >= 0.3 is 6.18 Å². The molecule has 27 heavy (non-hydrogen) atoms. The molecular formula is C20H18F5NO. The molecule has 1 saturated heterocycles. The van der Waals surface area contributed by atoms with Crippen molar-refractivity contribution < 1.29 is 26.7 Å². The van der Waals surface area contributed by atoms with E-state index in [0.29, 0.717) is 31.5 Å². The standard InChI is InChI=1S/C20H18F5NO/c21-16-6-7-18(22)17(10-16)19(27)14-4-2-8-26(12-14)11-13-3-1-5-15(9-13)20(23,24)25/h1,3,5-7,9-10,14H,2,4,8,11-12H2. The van der Waals surface area contributed by atoms with E-state index in [1.165, 1.54) is 6.07 Å². The van der Waals surface area contributed by atoms with Crippen LogP contribution >= 0.6 is 0 Å². The Kier molecular flexibility index (Phi) is 5.60. The highest BCUT2D eigenvalue weighted by Gasteiger charge is 2.31. The lowest BCUT2D eigenvalue weighted by molar-refractivity contribution is -0.137. The van der Waals surface area contributed by atoms with Crippen LogP contribution in [-0.4, -0.2) is 23.8 Å². The molecular weight excluding hydrogens is 365 g/mol. The second-order valence-electron chi connectivity index (χ2n) is 6.76. The fraction of sp³-hybridized carbons (Fsp3) is 0.350. The average Bonchev–Trinajstić information content (AvgIpc) is 2.63. The third kappa shape index (κ3) is 4.71. The van der Waals surface area contributed by atoms with Crippen molar-refractivity contribution in [3.05, 3.63) is 70.8 Å². The Hall–Kier alpha value is -2.28. The molecule has 144 valence electrons. The van der Waals surface area contributed by atoms with Crippen LogP contribution in [-0.2, 0) is 12.7 Å². The van der Waals surface area contributed by atoms with Crippen molar-refractivity contribution in [3.8, 4) is 0 Å². The smallest absolute Gasteiger partial charge is 0.298 e. The van der Waals surface area contributed by atoms with E-state index in [1.807, 2.05) is 4.90 Å². The molecule has 2 aromatic carbocycles. The summed E-state index contributed by atoms with van der Waals surface area (Å²) in [6.45, 7) is 1.19. The maximum Gasteiger partial charge on any atom is 0.416 e. The van der Waals surface area contributed by atoms with Crippen LogP contribution in [0.25, 0.3) is 0 Å². The van der Waals surface area contributed by atoms with Crippen LogP contribution in [0.5, 0.6) is 0 Å². The molecule has 0 saturated carbocycles. The predicted molar refractivity (Wildman–Crippen MR) is 90.1 cm³/mol. The fourth-order valence-electron chi connectivity index (χ4n) is 3.42. The summed E-state index contributed by atoms with van der Waals surface area (Å²) < 4.78 is 65.8. The summed E-state index contributed by atoms with van der Waals surface area (Å²) in [5, 5.41) is 0. The normalized spacial score (nSPS) is 18.5. The second-order valence-corrected chi connectivity index (χ2v) is 6.76. The third-order valence-corrected chi connectivity index (χ3v) is 4.73. The molecule has 0 aromatic heterocycles. The first-order valence-electron chi connectivity index (χ1n) is 8.62. The number of rotatable bonds is 4. The molecule has 2 aromatic rings. The van der Waals surface area contributed by atoms with Crippen molar-refractivity contribution in [2.24, 2.45) is 5.92 Å². The lowest BCUT2D eigenvalue weighted by Crippen LogP contribution is -2.38. The zero-order valence-corrected chi connectivity index (χ0v) is 14.4. The van der Waals surface area contributed by atoms with Crippen molar-refractivity contribution in [3.63, 3.8) is 0 Å². The summed E-state index contributed by atoms with van der Waals surface area (Å²) in [4.78, 5) is 14.4. The minimum Gasteiger partial charge on any atom is -0.298 e. The summed E-state index contributed by atoms with van der Waals surface area (Å²) in [7, 11) is 0. The number of alkyl halides is 3. The Morgan fingerprint density at radius 1 is 1.11 bits per heavy atom. The summed E-state index contributed by atoms with van der Waals surface area (Å²) in [5.41, 5.74) is -0.498. The molecule has 1 atom stereocenters. The molecule has 0 aliphatic carbocycles. The van der Waals surface area contributed by atoms with Gasteiger partial charge in [0.15, 0.2) is 5.78 Å². The van der Waals surface area contributed by atoms with Crippen LogP contribution in [0.3, 0.4) is 0 Å². The van der Waals surface area contributed by atoms with E-state index in [9.17, 15) is 26.7 Å². The van der Waals surface area contributed by atoms with E-state index in [2.05, 4.69) is 0 Å². The van der Waals surface area contributed by atoms with E-state index in [4.69, 9.17) is 0 Å². The number of nitrogens with zero attached hydrogens (tertiary/aromatic N) is 1. The van der Waals surface area contributed by atoms with Crippen LogP contribution in [0.2, 0.25) is 0 Å². The van der Waals surface area contributed by atoms with E-state index < -0.39 is 35.1 Å². The number of hydrogen-bond acceptors (Lipinski definition) is 2. The van der Waals surface area contributed by atoms with Crippen molar-refractivity contribution in [1.29, 1.82) is 0 Å². The molecule has 0 spiro atoms. The van der Waals surface area contributed by atoms with Crippen LogP contribution < -0.4 is 0 Å². The number of carbonyl (C=O) groups excluding carboxylic acids is 1. The van der Waals surface area contributed by atoms with Crippen molar-refractivity contribution in [2.75, 3.05) is 13.1 Å². The van der Waals surface area contributed by atoms with E-state index >= 15 is 0 Å². The first-order chi connectivity index (χ1) is 12.7. The van der Waals surface area contributed by atoms with Gasteiger partial charge in [0.2, 0.25) is 0 Å². The summed E-state index contributed by atoms with van der Waals surface area (Å²) in [6, 6.07) is 7.83. The van der Waals surface area contributed by atoms with Gasteiger partial charge in [-0.05, 0) is 49.2 Å². The Bertz CT molecular complexity index is 833. The SMILES string of the molecule is O=C(c1cc(F)ccc1F)C1CCCN(Cc2cccc(C(F)(F)F)c2)C1. The zero-order valence-electron chi connectivity index (χ0n) is 14.4. The maximum absolute atomic E-state index is 13.9. The molecule has 3 rings (SSSR count). The van der Waals surface area contributed by atoms with Crippen molar-refractivity contribution >= 4 is 5.78 Å². The first kappa shape index (κ1) is 19.5. The molecule has 1 fully saturated rings. The van der Waals surface area contributed by atoms with Crippen molar-refractivity contribution in [2.45, 2.75) is 25.6 Å². The van der Waals surface area contributed by atoms with Gasteiger partial charge < -0.3 is 0 Å². The maximum atomic E-state index is 13.9. The molecule has 0 N–H and O–H groups in total. The van der Waals surface area contributed by atoms with Gasteiger partial charge in [-0.2, -0.15) is 13.2 Å². The molecule has 1 unspecified atom stereocenters. The minimum atomic E-state index is -4.41. The largest absolute Gasteiger partial charge is 0.416 e. The quantitative estimate of drug-likeness (QED) is 0.542. The monoisotopic (exact) mass is 383 g/mol. The Balaban J connectivity index is 1.71. The highest BCUT2D eigenvalue weighted by Crippen LogP contribution is 2.30. The van der Waals surface area contributed by atoms with Crippen molar-refractivity contribution in [1.82, 2.24) is 4.90 Å². The summed E-state index contributed by atoms with van der Waals surface area (Å²) in [5.74, 6) is -2.44. The number of halogens is 5. The van der Waals surface area contributed by atoms with Gasteiger partial charge in [0.1, 0.15) is 11.6 Å². The number of carbonyl (C=O) groups is 1. The van der Waals surface area contributed by atoms with Crippen LogP contribution in [0.1, 0.15) is 34.3 Å². The average molecular weight is 383 g/mol. The number of likely N-dealkylation sites (tertiary alicyclic amines) is 1. The number of Topliss-reactive ketones (excluding diaryl/α,β-unsaturated/α-hetero) is 1.